The fraction of sp³-hybridized carbons (Fsp3) is 0.467. The molecule has 2 aromatic rings. The number of rotatable bonds is 6. The molecule has 0 atom stereocenters. The van der Waals surface area contributed by atoms with Crippen LogP contribution in [-0.2, 0) is 6.54 Å². The Morgan fingerprint density at radius 3 is 2.80 bits per heavy atom. The molecule has 106 valence electrons. The number of nitrogens with one attached hydrogen (secondary N) is 1. The molecule has 0 aliphatic rings. The van der Waals surface area contributed by atoms with E-state index in [-0.39, 0.29) is 0 Å². The predicted octanol–water partition coefficient (Wildman–Crippen LogP) is 1.85. The summed E-state index contributed by atoms with van der Waals surface area (Å²) in [5.41, 5.74) is 1.75. The zero-order valence-electron chi connectivity index (χ0n) is 11.9. The molecule has 0 aliphatic heterocycles. The van der Waals surface area contributed by atoms with Gasteiger partial charge in [-0.3, -0.25) is 0 Å². The summed E-state index contributed by atoms with van der Waals surface area (Å²) in [6.45, 7) is 5.13. The van der Waals surface area contributed by atoms with Crippen molar-refractivity contribution in [3.05, 3.63) is 35.8 Å². The van der Waals surface area contributed by atoms with Crippen LogP contribution in [0.5, 0.6) is 0 Å². The molecule has 0 radical (unpaired) electrons. The lowest BCUT2D eigenvalue weighted by Gasteiger charge is -2.25. The topological polar surface area (TPSA) is 73.3 Å². The second-order valence-corrected chi connectivity index (χ2v) is 5.04. The number of imidazole rings is 1. The fourth-order valence-corrected chi connectivity index (χ4v) is 2.15. The van der Waals surface area contributed by atoms with Crippen molar-refractivity contribution in [2.24, 2.45) is 0 Å². The van der Waals surface area contributed by atoms with Gasteiger partial charge in [-0.05, 0) is 25.0 Å². The van der Waals surface area contributed by atoms with Crippen LogP contribution in [0.25, 0.3) is 5.65 Å². The minimum absolute atomic E-state index is 0.547. The summed E-state index contributed by atoms with van der Waals surface area (Å²) < 4.78 is 1.91. The highest BCUT2D eigenvalue weighted by Gasteiger charge is 2.21. The van der Waals surface area contributed by atoms with Crippen LogP contribution in [-0.4, -0.2) is 26.6 Å². The Hall–Kier alpha value is -1.90. The molecule has 0 amide bonds. The Morgan fingerprint density at radius 1 is 1.40 bits per heavy atom. The molecule has 0 fully saturated rings. The highest BCUT2D eigenvalue weighted by atomic mass is 16.3. The molecule has 0 saturated carbocycles. The first-order chi connectivity index (χ1) is 9.61. The van der Waals surface area contributed by atoms with E-state index >= 15 is 0 Å². The minimum atomic E-state index is -0.654. The van der Waals surface area contributed by atoms with Gasteiger partial charge in [-0.1, -0.05) is 13.8 Å². The third-order valence-electron chi connectivity index (χ3n) is 3.79. The van der Waals surface area contributed by atoms with Gasteiger partial charge >= 0.3 is 0 Å². The second kappa shape index (κ2) is 6.04. The van der Waals surface area contributed by atoms with Crippen molar-refractivity contribution >= 4 is 5.65 Å². The van der Waals surface area contributed by atoms with E-state index in [9.17, 15) is 5.11 Å². The molecule has 20 heavy (non-hydrogen) atoms. The van der Waals surface area contributed by atoms with Crippen molar-refractivity contribution in [3.63, 3.8) is 0 Å². The summed E-state index contributed by atoms with van der Waals surface area (Å²) in [7, 11) is 0. The Morgan fingerprint density at radius 2 is 2.15 bits per heavy atom. The van der Waals surface area contributed by atoms with Crippen molar-refractivity contribution in [2.45, 2.75) is 38.8 Å². The summed E-state index contributed by atoms with van der Waals surface area (Å²) in [5, 5.41) is 22.4. The van der Waals surface area contributed by atoms with Crippen LogP contribution in [0.4, 0.5) is 0 Å². The average Bonchev–Trinajstić information content (AvgIpc) is 2.89. The molecule has 0 saturated heterocycles. The molecule has 0 aromatic carbocycles. The van der Waals surface area contributed by atoms with E-state index in [1.165, 1.54) is 0 Å². The number of hydrogen-bond donors (Lipinski definition) is 2. The van der Waals surface area contributed by atoms with Gasteiger partial charge in [0, 0.05) is 19.3 Å². The zero-order valence-corrected chi connectivity index (χ0v) is 11.9. The lowest BCUT2D eigenvalue weighted by molar-refractivity contribution is 0.0322. The lowest BCUT2D eigenvalue weighted by Crippen LogP contribution is -2.39. The van der Waals surface area contributed by atoms with Crippen molar-refractivity contribution in [3.8, 4) is 6.07 Å². The van der Waals surface area contributed by atoms with E-state index in [0.717, 1.165) is 24.2 Å². The maximum atomic E-state index is 10.2. The predicted molar refractivity (Wildman–Crippen MR) is 77.1 cm³/mol. The minimum Gasteiger partial charge on any atom is -0.389 e. The molecule has 0 bridgehead atoms. The number of nitrogens with zero attached hydrogens (tertiary/aromatic N) is 3. The Labute approximate surface area is 118 Å². The van der Waals surface area contributed by atoms with Crippen molar-refractivity contribution in [1.29, 1.82) is 5.26 Å². The number of fused-ring (bicyclic) bond motifs is 1. The molecule has 2 N–H and O–H groups in total. The number of aromatic nitrogens is 2. The normalized spacial score (nSPS) is 11.7. The summed E-state index contributed by atoms with van der Waals surface area (Å²) in [6, 6.07) is 5.71. The Kier molecular flexibility index (Phi) is 4.38. The van der Waals surface area contributed by atoms with E-state index in [1.54, 1.807) is 18.5 Å². The standard InChI is InChI=1S/C15H20N4O/c1-3-15(20,4-2)11-17-8-13-9-18-14-6-5-12(7-16)10-19(13)14/h5-6,9-10,17,20H,3-4,8,11H2,1-2H3. The van der Waals surface area contributed by atoms with Crippen molar-refractivity contribution in [1.82, 2.24) is 14.7 Å². The van der Waals surface area contributed by atoms with Crippen LogP contribution in [0.3, 0.4) is 0 Å². The SMILES string of the molecule is CCC(O)(CC)CNCc1cnc2ccc(C#N)cn12. The maximum absolute atomic E-state index is 10.2. The molecule has 0 unspecified atom stereocenters. The van der Waals surface area contributed by atoms with E-state index < -0.39 is 5.60 Å². The van der Waals surface area contributed by atoms with E-state index in [2.05, 4.69) is 16.4 Å². The fourth-order valence-electron chi connectivity index (χ4n) is 2.15. The molecule has 0 aliphatic carbocycles. The second-order valence-electron chi connectivity index (χ2n) is 5.04. The van der Waals surface area contributed by atoms with E-state index in [0.29, 0.717) is 18.7 Å². The molecule has 2 heterocycles. The maximum Gasteiger partial charge on any atom is 0.137 e. The first kappa shape index (κ1) is 14.5. The lowest BCUT2D eigenvalue weighted by atomic mass is 9.98. The van der Waals surface area contributed by atoms with Gasteiger partial charge in [0.2, 0.25) is 0 Å². The molecular formula is C15H20N4O. The first-order valence-corrected chi connectivity index (χ1v) is 6.91. The Balaban J connectivity index is 2.09. The third-order valence-corrected chi connectivity index (χ3v) is 3.79. The number of nitriles is 1. The van der Waals surface area contributed by atoms with Crippen LogP contribution in [0.15, 0.2) is 24.5 Å². The molecular weight excluding hydrogens is 252 g/mol. The molecule has 5 heteroatoms. The van der Waals surface area contributed by atoms with Crippen LogP contribution >= 0.6 is 0 Å². The smallest absolute Gasteiger partial charge is 0.137 e. The summed E-state index contributed by atoms with van der Waals surface area (Å²) in [4.78, 5) is 4.30. The van der Waals surface area contributed by atoms with Crippen LogP contribution < -0.4 is 5.32 Å². The van der Waals surface area contributed by atoms with Crippen LogP contribution in [0.2, 0.25) is 0 Å². The van der Waals surface area contributed by atoms with Crippen LogP contribution in [0.1, 0.15) is 37.9 Å². The summed E-state index contributed by atoms with van der Waals surface area (Å²) in [6.07, 6.45) is 5.02. The highest BCUT2D eigenvalue weighted by Crippen LogP contribution is 2.14. The van der Waals surface area contributed by atoms with Crippen LogP contribution in [0, 0.1) is 11.3 Å². The monoisotopic (exact) mass is 272 g/mol. The molecule has 0 spiro atoms. The molecule has 2 rings (SSSR count). The largest absolute Gasteiger partial charge is 0.389 e. The number of aliphatic hydroxyl groups is 1. The van der Waals surface area contributed by atoms with Crippen molar-refractivity contribution in [2.75, 3.05) is 6.54 Å². The number of pyridine rings is 1. The van der Waals surface area contributed by atoms with E-state index in [4.69, 9.17) is 5.26 Å². The summed E-state index contributed by atoms with van der Waals surface area (Å²) in [5.74, 6) is 0. The third kappa shape index (κ3) is 2.98. The van der Waals surface area contributed by atoms with Gasteiger partial charge in [0.1, 0.15) is 11.7 Å². The first-order valence-electron chi connectivity index (χ1n) is 6.91. The molecule has 5 nitrogen and oxygen atoms in total. The summed E-state index contributed by atoms with van der Waals surface area (Å²) >= 11 is 0. The van der Waals surface area contributed by atoms with Gasteiger partial charge in [0.25, 0.3) is 0 Å². The average molecular weight is 272 g/mol. The van der Waals surface area contributed by atoms with Gasteiger partial charge in [-0.15, -0.1) is 0 Å². The highest BCUT2D eigenvalue weighted by molar-refractivity contribution is 5.44. The van der Waals surface area contributed by atoms with Gasteiger partial charge < -0.3 is 14.8 Å². The van der Waals surface area contributed by atoms with Gasteiger partial charge in [0.05, 0.1) is 23.1 Å². The quantitative estimate of drug-likeness (QED) is 0.841. The van der Waals surface area contributed by atoms with Crippen molar-refractivity contribution < 1.29 is 5.11 Å². The van der Waals surface area contributed by atoms with Gasteiger partial charge in [-0.2, -0.15) is 5.26 Å². The van der Waals surface area contributed by atoms with Gasteiger partial charge in [0.15, 0.2) is 0 Å². The van der Waals surface area contributed by atoms with Gasteiger partial charge in [-0.25, -0.2) is 4.98 Å². The Bertz CT molecular complexity index is 622. The number of hydrogen-bond acceptors (Lipinski definition) is 4. The zero-order chi connectivity index (χ0) is 14.6. The van der Waals surface area contributed by atoms with E-state index in [1.807, 2.05) is 24.3 Å². The molecule has 2 aromatic heterocycles.